The first-order valence-corrected chi connectivity index (χ1v) is 16.2. The predicted octanol–water partition coefficient (Wildman–Crippen LogP) is 10.5. The fourth-order valence-corrected chi connectivity index (χ4v) is 7.95. The van der Waals surface area contributed by atoms with E-state index in [1.165, 1.54) is 49.7 Å². The molecule has 1 aliphatic carbocycles. The Balaban J connectivity index is 1.43. The number of nitrogens with one attached hydrogen (secondary N) is 1. The molecule has 2 aliphatic rings. The SMILES string of the molecule is Cc1c2cc3c(c1-c1ccccc1C(C)C(C)c1ccccc1-2)c1ccccc1n3C1=NC(c2ccccc2)c2cccnc2N1. The third-order valence-electron chi connectivity index (χ3n) is 10.4. The van der Waals surface area contributed by atoms with Crippen LogP contribution in [0.2, 0.25) is 0 Å². The molecule has 46 heavy (non-hydrogen) atoms. The second-order valence-electron chi connectivity index (χ2n) is 12.8. The molecule has 0 spiro atoms. The molecule has 0 fully saturated rings. The third kappa shape index (κ3) is 3.86. The van der Waals surface area contributed by atoms with Crippen molar-refractivity contribution in [2.45, 2.75) is 38.6 Å². The molecular weight excluding hydrogens is 560 g/mol. The lowest BCUT2D eigenvalue weighted by Crippen LogP contribution is -2.28. The number of rotatable bonds is 1. The molecule has 9 rings (SSSR count). The number of aliphatic imine (C=N–C) groups is 1. The van der Waals surface area contributed by atoms with Gasteiger partial charge in [0.2, 0.25) is 5.96 Å². The molecule has 3 unspecified atom stereocenters. The van der Waals surface area contributed by atoms with Crippen LogP contribution in [0.25, 0.3) is 44.1 Å². The van der Waals surface area contributed by atoms with Gasteiger partial charge in [-0.25, -0.2) is 9.98 Å². The van der Waals surface area contributed by atoms with E-state index in [9.17, 15) is 0 Å². The van der Waals surface area contributed by atoms with Crippen molar-refractivity contribution < 1.29 is 0 Å². The lowest BCUT2D eigenvalue weighted by atomic mass is 9.80. The Bertz CT molecular complexity index is 2350. The number of anilines is 1. The molecule has 1 N–H and O–H groups in total. The summed E-state index contributed by atoms with van der Waals surface area (Å²) in [5, 5.41) is 6.15. The van der Waals surface area contributed by atoms with Gasteiger partial charge in [-0.2, -0.15) is 0 Å². The topological polar surface area (TPSA) is 42.2 Å². The quantitative estimate of drug-likeness (QED) is 0.205. The minimum atomic E-state index is -0.174. The van der Waals surface area contributed by atoms with E-state index in [1.807, 2.05) is 12.3 Å². The highest BCUT2D eigenvalue weighted by molar-refractivity contribution is 6.22. The summed E-state index contributed by atoms with van der Waals surface area (Å²) in [6.45, 7) is 7.08. The highest BCUT2D eigenvalue weighted by Crippen LogP contribution is 2.50. The molecule has 2 bridgehead atoms. The highest BCUT2D eigenvalue weighted by atomic mass is 15.3. The van der Waals surface area contributed by atoms with Gasteiger partial charge in [0.15, 0.2) is 0 Å². The Hall–Kier alpha value is -5.48. The maximum Gasteiger partial charge on any atom is 0.209 e. The molecular formula is C42H34N4. The van der Waals surface area contributed by atoms with Crippen LogP contribution in [0.5, 0.6) is 0 Å². The molecule has 4 nitrogen and oxygen atoms in total. The van der Waals surface area contributed by atoms with Crippen LogP contribution in [0.1, 0.15) is 59.5 Å². The lowest BCUT2D eigenvalue weighted by Gasteiger charge is -2.26. The first-order valence-electron chi connectivity index (χ1n) is 16.2. The van der Waals surface area contributed by atoms with Crippen molar-refractivity contribution >= 4 is 33.6 Å². The Morgan fingerprint density at radius 3 is 2.09 bits per heavy atom. The Labute approximate surface area is 269 Å². The van der Waals surface area contributed by atoms with Crippen LogP contribution in [0.3, 0.4) is 0 Å². The fourth-order valence-electron chi connectivity index (χ4n) is 7.95. The van der Waals surface area contributed by atoms with Crippen LogP contribution >= 0.6 is 0 Å². The van der Waals surface area contributed by atoms with Crippen LogP contribution in [0.15, 0.2) is 133 Å². The number of nitrogens with zero attached hydrogens (tertiary/aromatic N) is 3. The highest BCUT2D eigenvalue weighted by Gasteiger charge is 2.31. The van der Waals surface area contributed by atoms with E-state index in [-0.39, 0.29) is 6.04 Å². The van der Waals surface area contributed by atoms with Gasteiger partial charge in [0.25, 0.3) is 0 Å². The van der Waals surface area contributed by atoms with E-state index >= 15 is 0 Å². The Kier molecular flexibility index (Phi) is 6.01. The van der Waals surface area contributed by atoms with Gasteiger partial charge in [0.05, 0.1) is 11.0 Å². The van der Waals surface area contributed by atoms with Crippen LogP contribution in [0.4, 0.5) is 5.82 Å². The monoisotopic (exact) mass is 594 g/mol. The van der Waals surface area contributed by atoms with Crippen LogP contribution in [-0.4, -0.2) is 15.5 Å². The van der Waals surface area contributed by atoms with Crippen molar-refractivity contribution in [3.05, 3.63) is 155 Å². The zero-order valence-electron chi connectivity index (χ0n) is 26.2. The second kappa shape index (κ2) is 10.3. The van der Waals surface area contributed by atoms with Crippen molar-refractivity contribution in [3.8, 4) is 22.3 Å². The van der Waals surface area contributed by atoms with E-state index in [1.54, 1.807) is 0 Å². The average Bonchev–Trinajstić information content (AvgIpc) is 3.44. The molecule has 0 amide bonds. The predicted molar refractivity (Wildman–Crippen MR) is 191 cm³/mol. The molecule has 0 saturated heterocycles. The Morgan fingerprint density at radius 2 is 1.28 bits per heavy atom. The van der Waals surface area contributed by atoms with Gasteiger partial charge in [-0.1, -0.05) is 117 Å². The molecule has 222 valence electrons. The number of para-hydroxylation sites is 1. The van der Waals surface area contributed by atoms with Gasteiger partial charge in [0, 0.05) is 22.5 Å². The first kappa shape index (κ1) is 26.9. The van der Waals surface area contributed by atoms with Crippen LogP contribution < -0.4 is 5.32 Å². The van der Waals surface area contributed by atoms with Gasteiger partial charge in [-0.05, 0) is 81.5 Å². The van der Waals surface area contributed by atoms with Crippen molar-refractivity contribution in [3.63, 3.8) is 0 Å². The zero-order valence-corrected chi connectivity index (χ0v) is 26.2. The maximum absolute atomic E-state index is 5.46. The lowest BCUT2D eigenvalue weighted by molar-refractivity contribution is 0.626. The summed E-state index contributed by atoms with van der Waals surface area (Å²) < 4.78 is 2.33. The van der Waals surface area contributed by atoms with Crippen LogP contribution in [0, 0.1) is 6.92 Å². The Morgan fingerprint density at radius 1 is 0.630 bits per heavy atom. The number of hydrogen-bond acceptors (Lipinski definition) is 3. The average molecular weight is 595 g/mol. The molecule has 2 aromatic heterocycles. The third-order valence-corrected chi connectivity index (χ3v) is 10.4. The fraction of sp³-hybridized carbons (Fsp3) is 0.143. The van der Waals surface area contributed by atoms with Gasteiger partial charge in [-0.3, -0.25) is 4.57 Å². The minimum absolute atomic E-state index is 0.174. The van der Waals surface area contributed by atoms with Crippen molar-refractivity contribution in [1.82, 2.24) is 9.55 Å². The molecule has 7 aromatic rings. The molecule has 4 heteroatoms. The standard InChI is InChI=1S/C42H34N4/c1-25-26(2)30-17-8-10-19-32(30)38-27(3)35(31-18-9-7-16-29(25)31)24-37-39(38)33-20-11-12-22-36(33)46(37)42-44-40(28-14-5-4-6-15-28)34-21-13-23-43-41(34)45-42/h4-26,40H,1-3H3,(H,43,44,45). The van der Waals surface area contributed by atoms with E-state index in [2.05, 4.69) is 146 Å². The van der Waals surface area contributed by atoms with Gasteiger partial charge in [0.1, 0.15) is 11.9 Å². The van der Waals surface area contributed by atoms with E-state index < -0.39 is 0 Å². The number of pyridine rings is 1. The van der Waals surface area contributed by atoms with Crippen LogP contribution in [-0.2, 0) is 0 Å². The smallest absolute Gasteiger partial charge is 0.209 e. The van der Waals surface area contributed by atoms with Gasteiger partial charge < -0.3 is 5.32 Å². The molecule has 5 aromatic carbocycles. The van der Waals surface area contributed by atoms with E-state index in [0.717, 1.165) is 33.9 Å². The number of fused-ring (bicyclic) bond motifs is 11. The molecule has 0 radical (unpaired) electrons. The summed E-state index contributed by atoms with van der Waals surface area (Å²) in [5.74, 6) is 2.32. The summed E-state index contributed by atoms with van der Waals surface area (Å²) in [6.07, 6.45) is 1.86. The van der Waals surface area contributed by atoms with Gasteiger partial charge in [-0.15, -0.1) is 0 Å². The molecule has 0 saturated carbocycles. The summed E-state index contributed by atoms with van der Waals surface area (Å²) in [7, 11) is 0. The summed E-state index contributed by atoms with van der Waals surface area (Å²) in [6, 6.07) is 43.7. The maximum atomic E-state index is 5.46. The van der Waals surface area contributed by atoms with E-state index in [0.29, 0.717) is 11.8 Å². The normalized spacial score (nSPS) is 18.4. The second-order valence-corrected chi connectivity index (χ2v) is 12.8. The van der Waals surface area contributed by atoms with Gasteiger partial charge >= 0.3 is 0 Å². The van der Waals surface area contributed by atoms with E-state index in [4.69, 9.17) is 9.98 Å². The summed E-state index contributed by atoms with van der Waals surface area (Å²) in [5.41, 5.74) is 13.8. The minimum Gasteiger partial charge on any atom is -0.310 e. The van der Waals surface area contributed by atoms with Crippen molar-refractivity contribution in [2.24, 2.45) is 4.99 Å². The number of hydrogen-bond donors (Lipinski definition) is 1. The molecule has 3 atom stereocenters. The number of aromatic nitrogens is 2. The van der Waals surface area contributed by atoms with Crippen molar-refractivity contribution in [1.29, 1.82) is 0 Å². The van der Waals surface area contributed by atoms with Crippen molar-refractivity contribution in [2.75, 3.05) is 5.32 Å². The molecule has 3 heterocycles. The largest absolute Gasteiger partial charge is 0.310 e. The summed E-state index contributed by atoms with van der Waals surface area (Å²) in [4.78, 5) is 10.3. The molecule has 1 aliphatic heterocycles. The summed E-state index contributed by atoms with van der Waals surface area (Å²) >= 11 is 0. The first-order chi connectivity index (χ1) is 22.6. The zero-order chi connectivity index (χ0) is 30.9. The number of benzene rings is 5.